The fourth-order valence-corrected chi connectivity index (χ4v) is 3.97. The van der Waals surface area contributed by atoms with Gasteiger partial charge >= 0.3 is 0 Å². The first kappa shape index (κ1) is 14.8. The number of rotatable bonds is 2. The molecule has 2 heterocycles. The number of thiophene rings is 1. The van der Waals surface area contributed by atoms with Crippen LogP contribution in [0.15, 0.2) is 12.1 Å². The third kappa shape index (κ3) is 3.54. The third-order valence-corrected chi connectivity index (χ3v) is 4.98. The van der Waals surface area contributed by atoms with Crippen LogP contribution in [0, 0.1) is 0 Å². The Labute approximate surface area is 136 Å². The predicted octanol–water partition coefficient (Wildman–Crippen LogP) is 4.37. The topological polar surface area (TPSA) is 54.9 Å². The number of amides is 1. The number of hydrogen-bond donors (Lipinski definition) is 1. The number of fused-ring (bicyclic) bond motifs is 1. The zero-order chi connectivity index (χ0) is 14.8. The molecule has 1 aliphatic rings. The van der Waals surface area contributed by atoms with Gasteiger partial charge in [0.2, 0.25) is 5.28 Å². The monoisotopic (exact) mass is 341 g/mol. The zero-order valence-electron chi connectivity index (χ0n) is 11.2. The molecule has 4 nitrogen and oxygen atoms in total. The lowest BCUT2D eigenvalue weighted by atomic mass is 10.1. The molecule has 2 aromatic heterocycles. The van der Waals surface area contributed by atoms with Crippen molar-refractivity contribution in [1.29, 1.82) is 0 Å². The Kier molecular flexibility index (Phi) is 4.42. The molecule has 0 aliphatic heterocycles. The second kappa shape index (κ2) is 6.30. The molecule has 0 spiro atoms. The maximum absolute atomic E-state index is 12.3. The van der Waals surface area contributed by atoms with Gasteiger partial charge in [-0.1, -0.05) is 18.0 Å². The maximum Gasteiger partial charge on any atom is 0.266 e. The Morgan fingerprint density at radius 3 is 2.76 bits per heavy atom. The Bertz CT molecular complexity index is 643. The van der Waals surface area contributed by atoms with Gasteiger partial charge in [-0.05, 0) is 48.9 Å². The minimum Gasteiger partial charge on any atom is -0.306 e. The molecule has 1 aliphatic carbocycles. The van der Waals surface area contributed by atoms with E-state index in [0.717, 1.165) is 12.8 Å². The molecule has 0 atom stereocenters. The molecule has 0 bridgehead atoms. The van der Waals surface area contributed by atoms with E-state index in [9.17, 15) is 4.79 Å². The molecule has 0 aromatic carbocycles. The van der Waals surface area contributed by atoms with Crippen molar-refractivity contribution < 1.29 is 4.79 Å². The number of hydrogen-bond acceptors (Lipinski definition) is 4. The number of nitrogens with one attached hydrogen (secondary N) is 1. The second-order valence-electron chi connectivity index (χ2n) is 4.92. The Balaban J connectivity index is 1.79. The van der Waals surface area contributed by atoms with E-state index < -0.39 is 0 Å². The summed E-state index contributed by atoms with van der Waals surface area (Å²) in [5, 5.41) is 2.93. The van der Waals surface area contributed by atoms with Crippen molar-refractivity contribution in [1.82, 2.24) is 9.97 Å². The standard InChI is InChI=1S/C14H13Cl2N3OS/c15-11-7-12(19-14(16)17-11)18-13(20)10-6-8-4-2-1-3-5-9(8)21-10/h6-7H,1-5H2,(H,17,18,19,20). The van der Waals surface area contributed by atoms with Crippen LogP contribution in [-0.2, 0) is 12.8 Å². The van der Waals surface area contributed by atoms with Gasteiger partial charge in [0.05, 0.1) is 4.88 Å². The number of halogens is 2. The fraction of sp³-hybridized carbons (Fsp3) is 0.357. The minimum absolute atomic E-state index is 0.0137. The van der Waals surface area contributed by atoms with Crippen LogP contribution < -0.4 is 5.32 Å². The normalized spacial score (nSPS) is 14.4. The average molecular weight is 342 g/mol. The van der Waals surface area contributed by atoms with E-state index in [4.69, 9.17) is 23.2 Å². The van der Waals surface area contributed by atoms with Crippen molar-refractivity contribution >= 4 is 46.3 Å². The van der Waals surface area contributed by atoms with Crippen molar-refractivity contribution in [3.63, 3.8) is 0 Å². The van der Waals surface area contributed by atoms with E-state index in [1.165, 1.54) is 35.8 Å². The smallest absolute Gasteiger partial charge is 0.266 e. The minimum atomic E-state index is -0.182. The lowest BCUT2D eigenvalue weighted by Crippen LogP contribution is -2.11. The first-order valence-electron chi connectivity index (χ1n) is 6.75. The first-order chi connectivity index (χ1) is 10.1. The van der Waals surface area contributed by atoms with Gasteiger partial charge in [-0.15, -0.1) is 11.3 Å². The second-order valence-corrected chi connectivity index (χ2v) is 6.78. The number of aromatic nitrogens is 2. The summed E-state index contributed by atoms with van der Waals surface area (Å²) in [6, 6.07) is 3.47. The third-order valence-electron chi connectivity index (χ3n) is 3.38. The highest BCUT2D eigenvalue weighted by molar-refractivity contribution is 7.14. The van der Waals surface area contributed by atoms with Crippen molar-refractivity contribution in [3.8, 4) is 0 Å². The molecule has 0 unspecified atom stereocenters. The maximum atomic E-state index is 12.3. The van der Waals surface area contributed by atoms with Gasteiger partial charge in [0.1, 0.15) is 11.0 Å². The predicted molar refractivity (Wildman–Crippen MR) is 85.6 cm³/mol. The molecule has 0 saturated heterocycles. The van der Waals surface area contributed by atoms with Crippen molar-refractivity contribution in [2.24, 2.45) is 0 Å². The molecule has 110 valence electrons. The number of aryl methyl sites for hydroxylation is 2. The molecule has 0 radical (unpaired) electrons. The highest BCUT2D eigenvalue weighted by Gasteiger charge is 2.17. The molecule has 3 rings (SSSR count). The summed E-state index contributed by atoms with van der Waals surface area (Å²) >= 11 is 13.1. The van der Waals surface area contributed by atoms with Crippen molar-refractivity contribution in [2.45, 2.75) is 32.1 Å². The van der Waals surface area contributed by atoms with Gasteiger partial charge < -0.3 is 5.32 Å². The molecule has 0 saturated carbocycles. The Hall–Kier alpha value is -1.17. The number of carbonyl (C=O) groups is 1. The molecule has 2 aromatic rings. The van der Waals surface area contributed by atoms with Crippen LogP contribution in [0.1, 0.15) is 39.4 Å². The van der Waals surface area contributed by atoms with Gasteiger partial charge in [-0.2, -0.15) is 0 Å². The molecular weight excluding hydrogens is 329 g/mol. The Morgan fingerprint density at radius 1 is 1.14 bits per heavy atom. The van der Waals surface area contributed by atoms with Crippen molar-refractivity contribution in [2.75, 3.05) is 5.32 Å². The highest BCUT2D eigenvalue weighted by Crippen LogP contribution is 2.29. The van der Waals surface area contributed by atoms with E-state index in [1.54, 1.807) is 11.3 Å². The van der Waals surface area contributed by atoms with E-state index in [2.05, 4.69) is 15.3 Å². The van der Waals surface area contributed by atoms with Gasteiger partial charge in [0, 0.05) is 10.9 Å². The molecule has 1 N–H and O–H groups in total. The summed E-state index contributed by atoms with van der Waals surface area (Å²) in [5.74, 6) is 0.132. The summed E-state index contributed by atoms with van der Waals surface area (Å²) in [4.78, 5) is 22.0. The lowest BCUT2D eigenvalue weighted by molar-refractivity contribution is 0.103. The summed E-state index contributed by atoms with van der Waals surface area (Å²) < 4.78 is 0. The van der Waals surface area contributed by atoms with Crippen LogP contribution >= 0.6 is 34.5 Å². The van der Waals surface area contributed by atoms with Crippen LogP contribution in [0.4, 0.5) is 5.82 Å². The first-order valence-corrected chi connectivity index (χ1v) is 8.32. The summed E-state index contributed by atoms with van der Waals surface area (Å²) in [7, 11) is 0. The SMILES string of the molecule is O=C(Nc1cc(Cl)nc(Cl)n1)c1cc2c(s1)CCCCC2. The quantitative estimate of drug-likeness (QED) is 0.501. The highest BCUT2D eigenvalue weighted by atomic mass is 35.5. The van der Waals surface area contributed by atoms with Crippen molar-refractivity contribution in [3.05, 3.63) is 37.9 Å². The van der Waals surface area contributed by atoms with Gasteiger partial charge in [0.25, 0.3) is 5.91 Å². The van der Waals surface area contributed by atoms with E-state index in [1.807, 2.05) is 6.07 Å². The molecule has 21 heavy (non-hydrogen) atoms. The van der Waals surface area contributed by atoms with Crippen LogP contribution in [0.25, 0.3) is 0 Å². The summed E-state index contributed by atoms with van der Waals surface area (Å²) in [5.41, 5.74) is 1.31. The summed E-state index contributed by atoms with van der Waals surface area (Å²) in [6.45, 7) is 0. The van der Waals surface area contributed by atoms with Crippen LogP contribution in [0.5, 0.6) is 0 Å². The number of anilines is 1. The van der Waals surface area contributed by atoms with E-state index in [-0.39, 0.29) is 16.3 Å². The van der Waals surface area contributed by atoms with E-state index >= 15 is 0 Å². The largest absolute Gasteiger partial charge is 0.306 e. The summed E-state index contributed by atoms with van der Waals surface area (Å²) in [6.07, 6.45) is 5.79. The Morgan fingerprint density at radius 2 is 1.95 bits per heavy atom. The zero-order valence-corrected chi connectivity index (χ0v) is 13.5. The van der Waals surface area contributed by atoms with Crippen LogP contribution in [0.2, 0.25) is 10.4 Å². The van der Waals surface area contributed by atoms with E-state index in [0.29, 0.717) is 10.7 Å². The molecule has 7 heteroatoms. The average Bonchev–Trinajstić information content (AvgIpc) is 2.69. The van der Waals surface area contributed by atoms with Gasteiger partial charge in [-0.3, -0.25) is 4.79 Å². The van der Waals surface area contributed by atoms with Gasteiger partial charge in [-0.25, -0.2) is 9.97 Å². The molecule has 1 amide bonds. The lowest BCUT2D eigenvalue weighted by Gasteiger charge is -2.03. The molecular formula is C14H13Cl2N3OS. The number of nitrogens with zero attached hydrogens (tertiary/aromatic N) is 2. The van der Waals surface area contributed by atoms with Crippen LogP contribution in [-0.4, -0.2) is 15.9 Å². The van der Waals surface area contributed by atoms with Crippen LogP contribution in [0.3, 0.4) is 0 Å². The fourth-order valence-electron chi connectivity index (χ4n) is 2.41. The number of carbonyl (C=O) groups excluding carboxylic acids is 1. The van der Waals surface area contributed by atoms with Gasteiger partial charge in [0.15, 0.2) is 0 Å². The molecule has 0 fully saturated rings.